The van der Waals surface area contributed by atoms with E-state index in [9.17, 15) is 9.59 Å². The van der Waals surface area contributed by atoms with E-state index < -0.39 is 5.97 Å². The van der Waals surface area contributed by atoms with Crippen LogP contribution in [0.2, 0.25) is 0 Å². The van der Waals surface area contributed by atoms with Crippen molar-refractivity contribution in [2.75, 3.05) is 0 Å². The Hall–Kier alpha value is -2.50. The zero-order chi connectivity index (χ0) is 16.2. The van der Waals surface area contributed by atoms with Crippen LogP contribution in [-0.2, 0) is 29.0 Å². The Morgan fingerprint density at radius 1 is 1.22 bits per heavy atom. The first-order valence-electron chi connectivity index (χ1n) is 7.71. The van der Waals surface area contributed by atoms with Crippen molar-refractivity contribution in [2.24, 2.45) is 0 Å². The van der Waals surface area contributed by atoms with Crippen molar-refractivity contribution in [1.29, 1.82) is 0 Å². The molecule has 6 nitrogen and oxygen atoms in total. The number of carbonyl (C=O) groups is 2. The molecule has 1 aromatic heterocycles. The van der Waals surface area contributed by atoms with Crippen LogP contribution >= 0.6 is 0 Å². The van der Waals surface area contributed by atoms with Crippen LogP contribution in [0, 0.1) is 6.92 Å². The van der Waals surface area contributed by atoms with Gasteiger partial charge >= 0.3 is 5.97 Å². The molecule has 0 radical (unpaired) electrons. The second kappa shape index (κ2) is 6.73. The molecule has 1 aliphatic carbocycles. The monoisotopic (exact) mass is 314 g/mol. The average molecular weight is 314 g/mol. The summed E-state index contributed by atoms with van der Waals surface area (Å²) in [6.07, 6.45) is 3.45. The number of nitrogens with zero attached hydrogens (tertiary/aromatic N) is 2. The second-order valence-electron chi connectivity index (χ2n) is 5.66. The van der Waals surface area contributed by atoms with Crippen LogP contribution in [0.3, 0.4) is 0 Å². The third-order valence-corrected chi connectivity index (χ3v) is 3.90. The van der Waals surface area contributed by atoms with Crippen LogP contribution in [0.5, 0.6) is 0 Å². The fraction of sp³-hybridized carbons (Fsp3) is 0.412. The summed E-state index contributed by atoms with van der Waals surface area (Å²) >= 11 is 0. The lowest BCUT2D eigenvalue weighted by Crippen LogP contribution is -2.08. The standard InChI is InChI=1S/C17H18N2O4/c1-11-18-16(23-19-11)10-22-17(21)8-7-15(20)14-6-5-12-3-2-4-13(12)9-14/h5-6,9H,2-4,7-8,10H2,1H3. The van der Waals surface area contributed by atoms with Gasteiger partial charge in [0.25, 0.3) is 5.89 Å². The van der Waals surface area contributed by atoms with E-state index in [2.05, 4.69) is 10.1 Å². The van der Waals surface area contributed by atoms with Gasteiger partial charge in [-0.25, -0.2) is 0 Å². The summed E-state index contributed by atoms with van der Waals surface area (Å²) < 4.78 is 9.86. The Kier molecular flexibility index (Phi) is 4.50. The number of hydrogen-bond acceptors (Lipinski definition) is 6. The van der Waals surface area contributed by atoms with Gasteiger partial charge in [-0.1, -0.05) is 17.3 Å². The van der Waals surface area contributed by atoms with E-state index >= 15 is 0 Å². The van der Waals surface area contributed by atoms with Gasteiger partial charge in [-0.2, -0.15) is 4.98 Å². The molecular weight excluding hydrogens is 296 g/mol. The van der Waals surface area contributed by atoms with Crippen LogP contribution in [0.15, 0.2) is 22.7 Å². The molecule has 0 N–H and O–H groups in total. The van der Waals surface area contributed by atoms with Crippen LogP contribution < -0.4 is 0 Å². The van der Waals surface area contributed by atoms with E-state index in [-0.39, 0.29) is 31.1 Å². The third kappa shape index (κ3) is 3.83. The fourth-order valence-corrected chi connectivity index (χ4v) is 2.72. The van der Waals surface area contributed by atoms with Gasteiger partial charge in [0.15, 0.2) is 18.2 Å². The van der Waals surface area contributed by atoms with Gasteiger partial charge in [-0.15, -0.1) is 0 Å². The van der Waals surface area contributed by atoms with Crippen molar-refractivity contribution in [3.05, 3.63) is 46.6 Å². The molecule has 0 bridgehead atoms. The minimum absolute atomic E-state index is 0.0368. The van der Waals surface area contributed by atoms with E-state index in [1.165, 1.54) is 11.1 Å². The van der Waals surface area contributed by atoms with Gasteiger partial charge in [-0.3, -0.25) is 9.59 Å². The molecule has 1 aromatic carbocycles. The molecule has 0 saturated carbocycles. The van der Waals surface area contributed by atoms with Crippen molar-refractivity contribution >= 4 is 11.8 Å². The first kappa shape index (κ1) is 15.4. The Morgan fingerprint density at radius 3 is 2.83 bits per heavy atom. The van der Waals surface area contributed by atoms with Gasteiger partial charge < -0.3 is 9.26 Å². The summed E-state index contributed by atoms with van der Waals surface area (Å²) in [5.74, 6) is 0.254. The number of aromatic nitrogens is 2. The summed E-state index contributed by atoms with van der Waals surface area (Å²) in [6, 6.07) is 5.82. The maximum absolute atomic E-state index is 12.2. The van der Waals surface area contributed by atoms with Crippen LogP contribution in [0.4, 0.5) is 0 Å². The van der Waals surface area contributed by atoms with E-state index in [0.29, 0.717) is 11.4 Å². The molecule has 0 atom stereocenters. The molecule has 6 heteroatoms. The number of carbonyl (C=O) groups excluding carboxylic acids is 2. The lowest BCUT2D eigenvalue weighted by atomic mass is 10.0. The zero-order valence-electron chi connectivity index (χ0n) is 13.0. The van der Waals surface area contributed by atoms with Crippen LogP contribution in [0.25, 0.3) is 0 Å². The van der Waals surface area contributed by atoms with Crippen molar-refractivity contribution in [2.45, 2.75) is 45.6 Å². The molecule has 0 unspecified atom stereocenters. The van der Waals surface area contributed by atoms with Crippen LogP contribution in [-0.4, -0.2) is 21.9 Å². The van der Waals surface area contributed by atoms with Crippen molar-refractivity contribution in [3.8, 4) is 0 Å². The lowest BCUT2D eigenvalue weighted by molar-refractivity contribution is -0.145. The highest BCUT2D eigenvalue weighted by Crippen LogP contribution is 2.23. The maximum Gasteiger partial charge on any atom is 0.306 e. The second-order valence-corrected chi connectivity index (χ2v) is 5.66. The minimum atomic E-state index is -0.449. The predicted molar refractivity (Wildman–Crippen MR) is 80.9 cm³/mol. The maximum atomic E-state index is 12.2. The van der Waals surface area contributed by atoms with Gasteiger partial charge in [0.05, 0.1) is 6.42 Å². The predicted octanol–water partition coefficient (Wildman–Crippen LogP) is 2.57. The van der Waals surface area contributed by atoms with E-state index in [4.69, 9.17) is 9.26 Å². The van der Waals surface area contributed by atoms with Gasteiger partial charge in [-0.05, 0) is 43.4 Å². The Bertz CT molecular complexity index is 736. The molecule has 0 spiro atoms. The molecule has 3 rings (SSSR count). The normalized spacial score (nSPS) is 12.9. The molecule has 2 aromatic rings. The number of benzene rings is 1. The van der Waals surface area contributed by atoms with Crippen molar-refractivity contribution in [1.82, 2.24) is 10.1 Å². The third-order valence-electron chi connectivity index (χ3n) is 3.90. The quantitative estimate of drug-likeness (QED) is 0.602. The summed E-state index contributed by atoms with van der Waals surface area (Å²) in [4.78, 5) is 27.8. The highest BCUT2D eigenvalue weighted by molar-refractivity contribution is 5.97. The zero-order valence-corrected chi connectivity index (χ0v) is 13.0. The summed E-state index contributed by atoms with van der Waals surface area (Å²) in [5.41, 5.74) is 3.26. The number of ketones is 1. The number of esters is 1. The Morgan fingerprint density at radius 2 is 2.04 bits per heavy atom. The summed E-state index contributed by atoms with van der Waals surface area (Å²) in [6.45, 7) is 1.62. The average Bonchev–Trinajstić information content (AvgIpc) is 3.18. The minimum Gasteiger partial charge on any atom is -0.456 e. The molecular formula is C17H18N2O4. The number of aryl methyl sites for hydroxylation is 3. The highest BCUT2D eigenvalue weighted by atomic mass is 16.6. The molecule has 0 amide bonds. The summed E-state index contributed by atoms with van der Waals surface area (Å²) in [7, 11) is 0. The first-order valence-corrected chi connectivity index (χ1v) is 7.71. The van der Waals surface area contributed by atoms with Crippen molar-refractivity contribution < 1.29 is 18.8 Å². The molecule has 23 heavy (non-hydrogen) atoms. The number of ether oxygens (including phenoxy) is 1. The number of rotatable bonds is 6. The fourth-order valence-electron chi connectivity index (χ4n) is 2.72. The molecule has 1 aliphatic rings. The molecule has 0 fully saturated rings. The SMILES string of the molecule is Cc1noc(COC(=O)CCC(=O)c2ccc3c(c2)CCC3)n1. The molecule has 1 heterocycles. The first-order chi connectivity index (χ1) is 11.1. The highest BCUT2D eigenvalue weighted by Gasteiger charge is 2.15. The van der Waals surface area contributed by atoms with Gasteiger partial charge in [0, 0.05) is 12.0 Å². The molecule has 120 valence electrons. The van der Waals surface area contributed by atoms with Crippen LogP contribution in [0.1, 0.15) is 52.5 Å². The van der Waals surface area contributed by atoms with Gasteiger partial charge in [0.1, 0.15) is 0 Å². The number of hydrogen-bond donors (Lipinski definition) is 0. The van der Waals surface area contributed by atoms with E-state index in [1.54, 1.807) is 6.92 Å². The topological polar surface area (TPSA) is 82.3 Å². The van der Waals surface area contributed by atoms with E-state index in [1.807, 2.05) is 18.2 Å². The Balaban J connectivity index is 1.47. The molecule has 0 aliphatic heterocycles. The molecule has 0 saturated heterocycles. The number of fused-ring (bicyclic) bond motifs is 1. The smallest absolute Gasteiger partial charge is 0.306 e. The Labute approximate surface area is 133 Å². The van der Waals surface area contributed by atoms with E-state index in [0.717, 1.165) is 19.3 Å². The number of Topliss-reactive ketones (excluding diaryl/α,β-unsaturated/α-hetero) is 1. The summed E-state index contributed by atoms with van der Waals surface area (Å²) in [5, 5.41) is 3.61. The largest absolute Gasteiger partial charge is 0.456 e. The lowest BCUT2D eigenvalue weighted by Gasteiger charge is -2.05. The van der Waals surface area contributed by atoms with Crippen molar-refractivity contribution in [3.63, 3.8) is 0 Å². The van der Waals surface area contributed by atoms with Gasteiger partial charge in [0.2, 0.25) is 0 Å².